The number of hydrogen-bond acceptors (Lipinski definition) is 4. The van der Waals surface area contributed by atoms with E-state index in [1.807, 2.05) is 36.4 Å². The number of nitrogens with one attached hydrogen (secondary N) is 1. The Bertz CT molecular complexity index is 864. The maximum absolute atomic E-state index is 12.7. The highest BCUT2D eigenvalue weighted by Gasteiger charge is 2.21. The van der Waals surface area contributed by atoms with Crippen LogP contribution in [0.3, 0.4) is 0 Å². The summed E-state index contributed by atoms with van der Waals surface area (Å²) in [5.74, 6) is 0.673. The van der Waals surface area contributed by atoms with Gasteiger partial charge in [0.2, 0.25) is 10.0 Å². The zero-order valence-electron chi connectivity index (χ0n) is 15.2. The number of fused-ring (bicyclic) bond motifs is 1. The van der Waals surface area contributed by atoms with Crippen molar-refractivity contribution < 1.29 is 17.9 Å². The van der Waals surface area contributed by atoms with Crippen LogP contribution < -0.4 is 9.46 Å². The third kappa shape index (κ3) is 4.09. The fourth-order valence-corrected chi connectivity index (χ4v) is 4.48. The molecule has 2 aromatic rings. The maximum Gasteiger partial charge on any atom is 0.240 e. The van der Waals surface area contributed by atoms with Gasteiger partial charge in [0.05, 0.1) is 18.1 Å². The molecule has 1 N–H and O–H groups in total. The molecule has 26 heavy (non-hydrogen) atoms. The number of hydrogen-bond donors (Lipinski definition) is 1. The number of ether oxygens (including phenoxy) is 2. The highest BCUT2D eigenvalue weighted by Crippen LogP contribution is 2.27. The Morgan fingerprint density at radius 3 is 2.50 bits per heavy atom. The van der Waals surface area contributed by atoms with E-state index in [0.717, 1.165) is 30.4 Å². The molecule has 0 amide bonds. The topological polar surface area (TPSA) is 64.6 Å². The van der Waals surface area contributed by atoms with E-state index in [1.165, 1.54) is 12.0 Å². The molecular weight excluding hydrogens is 350 g/mol. The van der Waals surface area contributed by atoms with Gasteiger partial charge in [-0.25, -0.2) is 13.1 Å². The molecule has 0 aliphatic heterocycles. The largest absolute Gasteiger partial charge is 0.496 e. The molecular formula is C20H25NO4S. The smallest absolute Gasteiger partial charge is 0.240 e. The van der Waals surface area contributed by atoms with E-state index in [9.17, 15) is 8.42 Å². The first-order valence-electron chi connectivity index (χ1n) is 8.82. The fourth-order valence-electron chi connectivity index (χ4n) is 3.40. The summed E-state index contributed by atoms with van der Waals surface area (Å²) in [6, 6.07) is 12.9. The average molecular weight is 375 g/mol. The molecule has 0 spiro atoms. The summed E-state index contributed by atoms with van der Waals surface area (Å²) in [5.41, 5.74) is 3.22. The molecule has 3 rings (SSSR count). The number of aryl methyl sites for hydroxylation is 2. The van der Waals surface area contributed by atoms with Gasteiger partial charge in [0.1, 0.15) is 5.75 Å². The van der Waals surface area contributed by atoms with Crippen molar-refractivity contribution in [3.63, 3.8) is 0 Å². The van der Waals surface area contributed by atoms with Gasteiger partial charge in [0.25, 0.3) is 0 Å². The van der Waals surface area contributed by atoms with Gasteiger partial charge < -0.3 is 9.47 Å². The highest BCUT2D eigenvalue weighted by atomic mass is 32.2. The Morgan fingerprint density at radius 2 is 1.77 bits per heavy atom. The second-order valence-corrected chi connectivity index (χ2v) is 8.22. The van der Waals surface area contributed by atoms with Crippen molar-refractivity contribution in [1.82, 2.24) is 4.72 Å². The van der Waals surface area contributed by atoms with E-state index in [2.05, 4.69) is 4.72 Å². The molecule has 0 bridgehead atoms. The van der Waals surface area contributed by atoms with Gasteiger partial charge in [0, 0.05) is 19.2 Å². The Hall–Kier alpha value is -1.89. The molecule has 2 aromatic carbocycles. The second kappa shape index (κ2) is 8.20. The van der Waals surface area contributed by atoms with Crippen LogP contribution in [-0.4, -0.2) is 29.2 Å². The summed E-state index contributed by atoms with van der Waals surface area (Å²) in [6.07, 6.45) is 3.83. The van der Waals surface area contributed by atoms with E-state index < -0.39 is 16.1 Å². The minimum Gasteiger partial charge on any atom is -0.496 e. The van der Waals surface area contributed by atoms with E-state index in [4.69, 9.17) is 9.47 Å². The highest BCUT2D eigenvalue weighted by molar-refractivity contribution is 7.89. The molecule has 1 aliphatic carbocycles. The summed E-state index contributed by atoms with van der Waals surface area (Å²) in [7, 11) is -0.451. The first kappa shape index (κ1) is 18.9. The molecule has 1 unspecified atom stereocenters. The zero-order valence-corrected chi connectivity index (χ0v) is 16.0. The molecule has 0 saturated heterocycles. The zero-order chi connectivity index (χ0) is 18.6. The Morgan fingerprint density at radius 1 is 1.04 bits per heavy atom. The van der Waals surface area contributed by atoms with E-state index >= 15 is 0 Å². The molecule has 0 heterocycles. The van der Waals surface area contributed by atoms with Crippen molar-refractivity contribution in [2.24, 2.45) is 0 Å². The number of para-hydroxylation sites is 1. The van der Waals surface area contributed by atoms with Crippen molar-refractivity contribution >= 4 is 10.0 Å². The predicted octanol–water partition coefficient (Wildman–Crippen LogP) is 3.24. The van der Waals surface area contributed by atoms with Gasteiger partial charge in [-0.2, -0.15) is 0 Å². The third-order valence-corrected chi connectivity index (χ3v) is 6.28. The van der Waals surface area contributed by atoms with Crippen molar-refractivity contribution in [2.75, 3.05) is 20.8 Å². The van der Waals surface area contributed by atoms with Crippen LogP contribution in [0.25, 0.3) is 0 Å². The summed E-state index contributed by atoms with van der Waals surface area (Å²) >= 11 is 0. The molecule has 0 fully saturated rings. The quantitative estimate of drug-likeness (QED) is 0.807. The first-order valence-corrected chi connectivity index (χ1v) is 10.3. The molecule has 5 nitrogen and oxygen atoms in total. The summed E-state index contributed by atoms with van der Waals surface area (Å²) < 4.78 is 39.0. The van der Waals surface area contributed by atoms with Crippen LogP contribution in [0, 0.1) is 0 Å². The van der Waals surface area contributed by atoms with Gasteiger partial charge in [-0.3, -0.25) is 0 Å². The van der Waals surface area contributed by atoms with Crippen LogP contribution in [0.5, 0.6) is 5.75 Å². The van der Waals surface area contributed by atoms with Crippen molar-refractivity contribution in [3.05, 3.63) is 59.2 Å². The van der Waals surface area contributed by atoms with E-state index in [1.54, 1.807) is 20.3 Å². The number of benzene rings is 2. The lowest BCUT2D eigenvalue weighted by atomic mass is 9.92. The lowest BCUT2D eigenvalue weighted by molar-refractivity contribution is 0.105. The van der Waals surface area contributed by atoms with Gasteiger partial charge in [0.15, 0.2) is 0 Å². The molecule has 1 atom stereocenters. The molecule has 0 radical (unpaired) electrons. The third-order valence-electron chi connectivity index (χ3n) is 4.86. The number of methoxy groups -OCH3 is 2. The normalized spacial score (nSPS) is 15.3. The summed E-state index contributed by atoms with van der Waals surface area (Å²) in [4.78, 5) is 0.313. The van der Waals surface area contributed by atoms with Crippen LogP contribution >= 0.6 is 0 Å². The number of rotatable bonds is 7. The van der Waals surface area contributed by atoms with Crippen LogP contribution in [-0.2, 0) is 27.6 Å². The minimum absolute atomic E-state index is 0.135. The molecule has 140 valence electrons. The Kier molecular flexibility index (Phi) is 5.96. The molecule has 0 aromatic heterocycles. The van der Waals surface area contributed by atoms with Crippen LogP contribution in [0.4, 0.5) is 0 Å². The lowest BCUT2D eigenvalue weighted by Crippen LogP contribution is -2.29. The van der Waals surface area contributed by atoms with Crippen LogP contribution in [0.15, 0.2) is 47.4 Å². The second-order valence-electron chi connectivity index (χ2n) is 6.46. The monoisotopic (exact) mass is 375 g/mol. The standard InChI is InChI=1S/C20H25NO4S/c1-24-19-10-6-5-9-18(19)20(25-2)14-21-26(22,23)17-12-11-15-7-3-4-8-16(15)13-17/h5-6,9-13,20-21H,3-4,7-8,14H2,1-2H3. The summed E-state index contributed by atoms with van der Waals surface area (Å²) in [5, 5.41) is 0. The first-order chi connectivity index (χ1) is 12.5. The van der Waals surface area contributed by atoms with Crippen molar-refractivity contribution in [3.8, 4) is 5.75 Å². The predicted molar refractivity (Wildman–Crippen MR) is 101 cm³/mol. The van der Waals surface area contributed by atoms with E-state index in [-0.39, 0.29) is 6.54 Å². The van der Waals surface area contributed by atoms with E-state index in [0.29, 0.717) is 10.6 Å². The van der Waals surface area contributed by atoms with Crippen molar-refractivity contribution in [2.45, 2.75) is 36.7 Å². The van der Waals surface area contributed by atoms with Gasteiger partial charge in [-0.1, -0.05) is 24.3 Å². The SMILES string of the molecule is COc1ccccc1C(CNS(=O)(=O)c1ccc2c(c1)CCCC2)OC. The number of sulfonamides is 1. The maximum atomic E-state index is 12.7. The Labute approximate surface area is 155 Å². The Balaban J connectivity index is 1.76. The molecule has 0 saturated carbocycles. The molecule has 1 aliphatic rings. The van der Waals surface area contributed by atoms with Gasteiger partial charge >= 0.3 is 0 Å². The van der Waals surface area contributed by atoms with Gasteiger partial charge in [-0.15, -0.1) is 0 Å². The lowest BCUT2D eigenvalue weighted by Gasteiger charge is -2.20. The van der Waals surface area contributed by atoms with Crippen molar-refractivity contribution in [1.29, 1.82) is 0 Å². The van der Waals surface area contributed by atoms with Crippen LogP contribution in [0.2, 0.25) is 0 Å². The minimum atomic E-state index is -3.60. The van der Waals surface area contributed by atoms with Gasteiger partial charge in [-0.05, 0) is 55.0 Å². The summed E-state index contributed by atoms with van der Waals surface area (Å²) in [6.45, 7) is 0.135. The molecule has 6 heteroatoms. The fraction of sp³-hybridized carbons (Fsp3) is 0.400. The van der Waals surface area contributed by atoms with Crippen LogP contribution in [0.1, 0.15) is 35.6 Å². The average Bonchev–Trinajstić information content (AvgIpc) is 2.68.